The number of rotatable bonds is 4. The first-order valence-electron chi connectivity index (χ1n) is 8.41. The molecule has 2 heterocycles. The molecule has 0 aliphatic carbocycles. The van der Waals surface area contributed by atoms with Gasteiger partial charge in [-0.1, -0.05) is 12.1 Å². The number of morpholine rings is 1. The van der Waals surface area contributed by atoms with E-state index in [1.807, 2.05) is 13.8 Å². The van der Waals surface area contributed by atoms with Crippen molar-refractivity contribution in [1.82, 2.24) is 9.80 Å². The van der Waals surface area contributed by atoms with E-state index >= 15 is 0 Å². The zero-order chi connectivity index (χ0) is 18.8. The lowest BCUT2D eigenvalue weighted by Crippen LogP contribution is -2.49. The summed E-state index contributed by atoms with van der Waals surface area (Å²) in [5.41, 5.74) is 0.523. The van der Waals surface area contributed by atoms with Crippen molar-refractivity contribution in [1.29, 1.82) is 0 Å². The number of carbonyl (C=O) groups excluding carboxylic acids is 4. The first kappa shape index (κ1) is 18.1. The van der Waals surface area contributed by atoms with Gasteiger partial charge >= 0.3 is 5.97 Å². The normalized spacial score (nSPS) is 22.4. The zero-order valence-electron chi connectivity index (χ0n) is 14.6. The van der Waals surface area contributed by atoms with Crippen LogP contribution in [0.3, 0.4) is 0 Å². The van der Waals surface area contributed by atoms with Gasteiger partial charge in [-0.05, 0) is 26.0 Å². The van der Waals surface area contributed by atoms with Crippen molar-refractivity contribution in [3.63, 3.8) is 0 Å². The molecule has 1 aromatic rings. The van der Waals surface area contributed by atoms with Gasteiger partial charge in [-0.25, -0.2) is 0 Å². The Labute approximate surface area is 150 Å². The molecule has 1 aromatic carbocycles. The Morgan fingerprint density at radius 1 is 1.08 bits per heavy atom. The van der Waals surface area contributed by atoms with E-state index in [9.17, 15) is 19.2 Å². The maximum absolute atomic E-state index is 12.2. The van der Waals surface area contributed by atoms with Gasteiger partial charge in [0.15, 0.2) is 6.61 Å². The molecule has 0 N–H and O–H groups in total. The molecule has 8 nitrogen and oxygen atoms in total. The number of benzene rings is 1. The van der Waals surface area contributed by atoms with Gasteiger partial charge in [-0.15, -0.1) is 0 Å². The lowest BCUT2D eigenvalue weighted by Gasteiger charge is -2.35. The van der Waals surface area contributed by atoms with E-state index in [0.29, 0.717) is 13.1 Å². The summed E-state index contributed by atoms with van der Waals surface area (Å²) < 4.78 is 10.5. The smallest absolute Gasteiger partial charge is 0.326 e. The minimum Gasteiger partial charge on any atom is -0.454 e. The average molecular weight is 360 g/mol. The molecule has 0 saturated carbocycles. The number of esters is 1. The number of hydrogen-bond acceptors (Lipinski definition) is 6. The molecule has 2 atom stereocenters. The van der Waals surface area contributed by atoms with Crippen molar-refractivity contribution in [3.05, 3.63) is 35.4 Å². The third kappa shape index (κ3) is 3.60. The molecule has 2 unspecified atom stereocenters. The van der Waals surface area contributed by atoms with Crippen LogP contribution in [0.5, 0.6) is 0 Å². The summed E-state index contributed by atoms with van der Waals surface area (Å²) in [5, 5.41) is 0. The zero-order valence-corrected chi connectivity index (χ0v) is 14.6. The summed E-state index contributed by atoms with van der Waals surface area (Å²) in [5.74, 6) is -2.21. The fourth-order valence-electron chi connectivity index (χ4n) is 3.17. The van der Waals surface area contributed by atoms with Gasteiger partial charge in [0.25, 0.3) is 17.7 Å². The van der Waals surface area contributed by atoms with Gasteiger partial charge in [0.2, 0.25) is 0 Å². The fraction of sp³-hybridized carbons (Fsp3) is 0.444. The van der Waals surface area contributed by atoms with Crippen LogP contribution in [0, 0.1) is 0 Å². The van der Waals surface area contributed by atoms with Crippen LogP contribution >= 0.6 is 0 Å². The molecule has 0 bridgehead atoms. The topological polar surface area (TPSA) is 93.2 Å². The number of imide groups is 1. The van der Waals surface area contributed by atoms with Crippen LogP contribution in [0.15, 0.2) is 24.3 Å². The minimum absolute atomic E-state index is 0.0863. The van der Waals surface area contributed by atoms with Crippen molar-refractivity contribution in [2.45, 2.75) is 26.1 Å². The molecule has 8 heteroatoms. The maximum Gasteiger partial charge on any atom is 0.326 e. The summed E-state index contributed by atoms with van der Waals surface area (Å²) in [4.78, 5) is 51.0. The first-order chi connectivity index (χ1) is 12.4. The molecular weight excluding hydrogens is 340 g/mol. The van der Waals surface area contributed by atoms with Gasteiger partial charge in [0.05, 0.1) is 23.3 Å². The average Bonchev–Trinajstić information content (AvgIpc) is 2.84. The highest BCUT2D eigenvalue weighted by Crippen LogP contribution is 2.22. The second kappa shape index (κ2) is 7.25. The molecule has 0 aromatic heterocycles. The summed E-state index contributed by atoms with van der Waals surface area (Å²) in [6.07, 6.45) is -0.173. The molecule has 1 fully saturated rings. The summed E-state index contributed by atoms with van der Waals surface area (Å²) in [6, 6.07) is 6.36. The monoisotopic (exact) mass is 360 g/mol. The summed E-state index contributed by atoms with van der Waals surface area (Å²) in [6.45, 7) is 3.64. The number of nitrogens with zero attached hydrogens (tertiary/aromatic N) is 2. The number of hydrogen-bond donors (Lipinski definition) is 0. The molecular formula is C18H20N2O6. The van der Waals surface area contributed by atoms with Crippen LogP contribution < -0.4 is 0 Å². The van der Waals surface area contributed by atoms with Gasteiger partial charge in [-0.3, -0.25) is 24.1 Å². The molecule has 3 amide bonds. The van der Waals surface area contributed by atoms with Crippen LogP contribution in [0.1, 0.15) is 34.6 Å². The van der Waals surface area contributed by atoms with Gasteiger partial charge in [-0.2, -0.15) is 0 Å². The van der Waals surface area contributed by atoms with Crippen molar-refractivity contribution >= 4 is 23.7 Å². The predicted molar refractivity (Wildman–Crippen MR) is 89.4 cm³/mol. The van der Waals surface area contributed by atoms with E-state index in [2.05, 4.69) is 0 Å². The van der Waals surface area contributed by atoms with Crippen molar-refractivity contribution in [2.24, 2.45) is 0 Å². The van der Waals surface area contributed by atoms with E-state index < -0.39 is 30.9 Å². The molecule has 0 spiro atoms. The van der Waals surface area contributed by atoms with E-state index in [1.165, 1.54) is 12.1 Å². The van der Waals surface area contributed by atoms with Crippen LogP contribution in [-0.4, -0.2) is 71.9 Å². The standard InChI is InChI=1S/C18H20N2O6/c1-11-7-19(8-12(2)26-11)15(21)10-25-16(22)9-20-17(23)13-5-3-4-6-14(13)18(20)24/h3-6,11-12H,7-10H2,1-2H3. The SMILES string of the molecule is CC1CN(C(=O)COC(=O)CN2C(=O)c3ccccc3C2=O)CC(C)O1. The Kier molecular flexibility index (Phi) is 5.03. The van der Waals surface area contributed by atoms with Gasteiger partial charge in [0, 0.05) is 13.1 Å². The molecule has 2 aliphatic rings. The largest absolute Gasteiger partial charge is 0.454 e. The minimum atomic E-state index is -0.804. The number of ether oxygens (including phenoxy) is 2. The van der Waals surface area contributed by atoms with E-state index in [1.54, 1.807) is 17.0 Å². The highest BCUT2D eigenvalue weighted by atomic mass is 16.5. The van der Waals surface area contributed by atoms with Crippen molar-refractivity contribution in [3.8, 4) is 0 Å². The summed E-state index contributed by atoms with van der Waals surface area (Å²) >= 11 is 0. The Hall–Kier alpha value is -2.74. The van der Waals surface area contributed by atoms with Crippen LogP contribution in [0.4, 0.5) is 0 Å². The maximum atomic E-state index is 12.2. The molecule has 138 valence electrons. The van der Waals surface area contributed by atoms with Gasteiger partial charge < -0.3 is 14.4 Å². The Bertz CT molecular complexity index is 717. The molecule has 1 saturated heterocycles. The lowest BCUT2D eigenvalue weighted by atomic mass is 10.1. The van der Waals surface area contributed by atoms with E-state index in [-0.39, 0.29) is 29.2 Å². The van der Waals surface area contributed by atoms with E-state index in [0.717, 1.165) is 4.90 Å². The highest BCUT2D eigenvalue weighted by Gasteiger charge is 2.36. The third-order valence-corrected chi connectivity index (χ3v) is 4.29. The van der Waals surface area contributed by atoms with Gasteiger partial charge in [0.1, 0.15) is 6.54 Å². The molecule has 0 radical (unpaired) electrons. The molecule has 26 heavy (non-hydrogen) atoms. The Morgan fingerprint density at radius 2 is 1.62 bits per heavy atom. The Morgan fingerprint density at radius 3 is 2.15 bits per heavy atom. The molecule has 2 aliphatic heterocycles. The highest BCUT2D eigenvalue weighted by molar-refractivity contribution is 6.22. The second-order valence-electron chi connectivity index (χ2n) is 6.46. The first-order valence-corrected chi connectivity index (χ1v) is 8.41. The Balaban J connectivity index is 1.53. The second-order valence-corrected chi connectivity index (χ2v) is 6.46. The quantitative estimate of drug-likeness (QED) is 0.572. The van der Waals surface area contributed by atoms with Crippen LogP contribution in [0.25, 0.3) is 0 Å². The van der Waals surface area contributed by atoms with Crippen LogP contribution in [-0.2, 0) is 19.1 Å². The number of fused-ring (bicyclic) bond motifs is 1. The molecule has 3 rings (SSSR count). The predicted octanol–water partition coefficient (Wildman–Crippen LogP) is 0.462. The van der Waals surface area contributed by atoms with Crippen molar-refractivity contribution < 1.29 is 28.7 Å². The third-order valence-electron chi connectivity index (χ3n) is 4.29. The number of amides is 3. The number of carbonyl (C=O) groups is 4. The fourth-order valence-corrected chi connectivity index (χ4v) is 3.17. The summed E-state index contributed by atoms with van der Waals surface area (Å²) in [7, 11) is 0. The lowest BCUT2D eigenvalue weighted by molar-refractivity contribution is -0.157. The van der Waals surface area contributed by atoms with Crippen molar-refractivity contribution in [2.75, 3.05) is 26.2 Å². The van der Waals surface area contributed by atoms with E-state index in [4.69, 9.17) is 9.47 Å². The van der Waals surface area contributed by atoms with Crippen LogP contribution in [0.2, 0.25) is 0 Å².